The Morgan fingerprint density at radius 2 is 2.04 bits per heavy atom. The summed E-state index contributed by atoms with van der Waals surface area (Å²) >= 11 is 0. The fourth-order valence-corrected chi connectivity index (χ4v) is 2.67. The number of benzene rings is 1. The van der Waals surface area contributed by atoms with Crippen LogP contribution in [0.2, 0.25) is 0 Å². The van der Waals surface area contributed by atoms with Gasteiger partial charge in [-0.25, -0.2) is 0 Å². The van der Waals surface area contributed by atoms with Gasteiger partial charge in [-0.3, -0.25) is 15.2 Å². The lowest BCUT2D eigenvalue weighted by Gasteiger charge is -2.09. The van der Waals surface area contributed by atoms with Gasteiger partial charge in [0.2, 0.25) is 5.95 Å². The number of nitrogens with one attached hydrogen (secondary N) is 2. The van der Waals surface area contributed by atoms with Crippen molar-refractivity contribution in [3.8, 4) is 0 Å². The van der Waals surface area contributed by atoms with E-state index >= 15 is 0 Å². The van der Waals surface area contributed by atoms with Gasteiger partial charge in [0.15, 0.2) is 5.82 Å². The quantitative estimate of drug-likeness (QED) is 0.491. The Kier molecular flexibility index (Phi) is 4.65. The van der Waals surface area contributed by atoms with Gasteiger partial charge >= 0.3 is 0 Å². The minimum Gasteiger partial charge on any atom is -0.369 e. The standard InChI is InChI=1S/C18H20N6O/c1-12-8-15(10-20-23-16-9-17(25)22-18(19)21-16)13(2)24(12)11-14-6-4-3-5-7-14/h3-10H,11H2,1-2H3,(H4,19,21,22,23,25). The lowest BCUT2D eigenvalue weighted by molar-refractivity contribution is 0.749. The molecule has 0 bridgehead atoms. The molecule has 0 saturated carbocycles. The van der Waals surface area contributed by atoms with Crippen LogP contribution in [-0.2, 0) is 6.54 Å². The number of nitrogens with two attached hydrogens (primary N) is 1. The highest BCUT2D eigenvalue weighted by Gasteiger charge is 2.08. The van der Waals surface area contributed by atoms with Crippen LogP contribution < -0.4 is 16.7 Å². The predicted molar refractivity (Wildman–Crippen MR) is 99.9 cm³/mol. The molecular formula is C18H20N6O. The number of anilines is 2. The maximum Gasteiger partial charge on any atom is 0.254 e. The van der Waals surface area contributed by atoms with Crippen LogP contribution in [0, 0.1) is 13.8 Å². The van der Waals surface area contributed by atoms with Gasteiger partial charge in [-0.05, 0) is 25.5 Å². The third-order valence-corrected chi connectivity index (χ3v) is 3.94. The molecule has 0 atom stereocenters. The van der Waals surface area contributed by atoms with E-state index in [-0.39, 0.29) is 11.5 Å². The van der Waals surface area contributed by atoms with Crippen molar-refractivity contribution in [2.75, 3.05) is 11.2 Å². The summed E-state index contributed by atoms with van der Waals surface area (Å²) in [6.45, 7) is 4.94. The minimum absolute atomic E-state index is 0.0474. The molecule has 7 nitrogen and oxygen atoms in total. The maximum atomic E-state index is 11.3. The summed E-state index contributed by atoms with van der Waals surface area (Å²) in [4.78, 5) is 17.7. The summed E-state index contributed by atoms with van der Waals surface area (Å²) in [5, 5.41) is 4.16. The first-order valence-electron chi connectivity index (χ1n) is 7.89. The average molecular weight is 336 g/mol. The zero-order valence-corrected chi connectivity index (χ0v) is 14.2. The molecule has 3 rings (SSSR count). The molecule has 2 aromatic heterocycles. The van der Waals surface area contributed by atoms with E-state index in [1.165, 1.54) is 11.6 Å². The van der Waals surface area contributed by atoms with Crippen molar-refractivity contribution in [3.05, 3.63) is 75.3 Å². The minimum atomic E-state index is -0.328. The summed E-state index contributed by atoms with van der Waals surface area (Å²) in [5.41, 5.74) is 12.4. The first-order chi connectivity index (χ1) is 12.0. The average Bonchev–Trinajstić information content (AvgIpc) is 2.83. The molecule has 0 aliphatic heterocycles. The van der Waals surface area contributed by atoms with Crippen molar-refractivity contribution in [1.29, 1.82) is 0 Å². The van der Waals surface area contributed by atoms with E-state index in [0.717, 1.165) is 23.5 Å². The molecule has 0 amide bonds. The Balaban J connectivity index is 1.77. The van der Waals surface area contributed by atoms with Crippen LogP contribution in [0.15, 0.2) is 52.4 Å². The Hall–Kier alpha value is -3.35. The van der Waals surface area contributed by atoms with Crippen molar-refractivity contribution in [2.24, 2.45) is 5.10 Å². The molecular weight excluding hydrogens is 316 g/mol. The van der Waals surface area contributed by atoms with Crippen LogP contribution in [0.3, 0.4) is 0 Å². The van der Waals surface area contributed by atoms with Crippen molar-refractivity contribution < 1.29 is 0 Å². The van der Waals surface area contributed by atoms with Crippen LogP contribution >= 0.6 is 0 Å². The zero-order chi connectivity index (χ0) is 17.8. The van der Waals surface area contributed by atoms with Gasteiger partial charge in [0.05, 0.1) is 6.21 Å². The molecule has 1 aromatic carbocycles. The van der Waals surface area contributed by atoms with E-state index in [1.807, 2.05) is 18.2 Å². The second-order valence-corrected chi connectivity index (χ2v) is 5.78. The van der Waals surface area contributed by atoms with Crippen LogP contribution in [0.25, 0.3) is 0 Å². The van der Waals surface area contributed by atoms with Crippen molar-refractivity contribution in [3.63, 3.8) is 0 Å². The number of rotatable bonds is 5. The molecule has 0 fully saturated rings. The number of aryl methyl sites for hydroxylation is 1. The number of hydrogen-bond acceptors (Lipinski definition) is 5. The lowest BCUT2D eigenvalue weighted by Crippen LogP contribution is -2.11. The SMILES string of the molecule is Cc1cc(C=NNc2cc(=O)[nH]c(N)n2)c(C)n1Cc1ccccc1. The van der Waals surface area contributed by atoms with Gasteiger partial charge in [0, 0.05) is 29.6 Å². The van der Waals surface area contributed by atoms with E-state index in [9.17, 15) is 4.79 Å². The van der Waals surface area contributed by atoms with Gasteiger partial charge in [0.25, 0.3) is 5.56 Å². The predicted octanol–water partition coefficient (Wildman–Crippen LogP) is 2.26. The van der Waals surface area contributed by atoms with Crippen LogP contribution in [0.1, 0.15) is 22.5 Å². The van der Waals surface area contributed by atoms with Gasteiger partial charge in [0.1, 0.15) is 0 Å². The fourth-order valence-electron chi connectivity index (χ4n) is 2.67. The van der Waals surface area contributed by atoms with E-state index in [4.69, 9.17) is 5.73 Å². The second kappa shape index (κ2) is 7.04. The van der Waals surface area contributed by atoms with E-state index in [1.54, 1.807) is 6.21 Å². The number of H-pyrrole nitrogens is 1. The summed E-state index contributed by atoms with van der Waals surface area (Å²) in [7, 11) is 0. The Morgan fingerprint density at radius 1 is 1.28 bits per heavy atom. The van der Waals surface area contributed by atoms with Gasteiger partial charge < -0.3 is 10.3 Å². The molecule has 7 heteroatoms. The zero-order valence-electron chi connectivity index (χ0n) is 14.2. The highest BCUT2D eigenvalue weighted by molar-refractivity contribution is 5.82. The molecule has 0 unspecified atom stereocenters. The number of nitrogen functional groups attached to an aromatic ring is 1. The molecule has 0 spiro atoms. The molecule has 0 aliphatic carbocycles. The fraction of sp³-hybridized carbons (Fsp3) is 0.167. The molecule has 25 heavy (non-hydrogen) atoms. The topological polar surface area (TPSA) is 101 Å². The van der Waals surface area contributed by atoms with Crippen LogP contribution in [0.4, 0.5) is 11.8 Å². The van der Waals surface area contributed by atoms with Crippen molar-refractivity contribution >= 4 is 18.0 Å². The van der Waals surface area contributed by atoms with Gasteiger partial charge in [-0.15, -0.1) is 0 Å². The van der Waals surface area contributed by atoms with E-state index < -0.39 is 0 Å². The number of hydrazone groups is 1. The lowest BCUT2D eigenvalue weighted by atomic mass is 10.2. The summed E-state index contributed by atoms with van der Waals surface area (Å²) in [6, 6.07) is 13.7. The third kappa shape index (κ3) is 3.95. The smallest absolute Gasteiger partial charge is 0.254 e. The summed E-state index contributed by atoms with van der Waals surface area (Å²) in [6.07, 6.45) is 1.71. The number of hydrogen-bond donors (Lipinski definition) is 3. The molecule has 3 aromatic rings. The van der Waals surface area contributed by atoms with Gasteiger partial charge in [-0.2, -0.15) is 10.1 Å². The Bertz CT molecular complexity index is 955. The molecule has 4 N–H and O–H groups in total. The molecule has 2 heterocycles. The van der Waals surface area contributed by atoms with Crippen LogP contribution in [-0.4, -0.2) is 20.7 Å². The Morgan fingerprint density at radius 3 is 2.76 bits per heavy atom. The van der Waals surface area contributed by atoms with Gasteiger partial charge in [-0.1, -0.05) is 30.3 Å². The highest BCUT2D eigenvalue weighted by atomic mass is 16.1. The largest absolute Gasteiger partial charge is 0.369 e. The molecule has 0 aliphatic rings. The third-order valence-electron chi connectivity index (χ3n) is 3.94. The van der Waals surface area contributed by atoms with Crippen molar-refractivity contribution in [1.82, 2.24) is 14.5 Å². The normalized spacial score (nSPS) is 11.1. The second-order valence-electron chi connectivity index (χ2n) is 5.78. The summed E-state index contributed by atoms with van der Waals surface area (Å²) < 4.78 is 2.24. The Labute approximate surface area is 145 Å². The monoisotopic (exact) mass is 336 g/mol. The first kappa shape index (κ1) is 16.5. The maximum absolute atomic E-state index is 11.3. The molecule has 0 radical (unpaired) electrons. The summed E-state index contributed by atoms with van der Waals surface area (Å²) in [5.74, 6) is 0.349. The molecule has 0 saturated heterocycles. The number of nitrogens with zero attached hydrogens (tertiary/aromatic N) is 3. The molecule has 128 valence electrons. The first-order valence-corrected chi connectivity index (χ1v) is 7.89. The van der Waals surface area contributed by atoms with Crippen molar-refractivity contribution in [2.45, 2.75) is 20.4 Å². The van der Waals surface area contributed by atoms with E-state index in [0.29, 0.717) is 5.82 Å². The number of aromatic amines is 1. The number of aromatic nitrogens is 3. The van der Waals surface area contributed by atoms with E-state index in [2.05, 4.69) is 57.1 Å². The highest BCUT2D eigenvalue weighted by Crippen LogP contribution is 2.16. The van der Waals surface area contributed by atoms with Crippen LogP contribution in [0.5, 0.6) is 0 Å².